The van der Waals surface area contributed by atoms with Gasteiger partial charge in [-0.1, -0.05) is 40.2 Å². The van der Waals surface area contributed by atoms with Gasteiger partial charge in [0.2, 0.25) is 10.0 Å². The van der Waals surface area contributed by atoms with Crippen LogP contribution in [0.15, 0.2) is 55.5 Å². The minimum Gasteiger partial charge on any atom is -0.355 e. The van der Waals surface area contributed by atoms with Gasteiger partial charge in [0, 0.05) is 24.6 Å². The third-order valence-corrected chi connectivity index (χ3v) is 7.00. The Kier molecular flexibility index (Phi) is 10.1. The van der Waals surface area contributed by atoms with E-state index in [0.29, 0.717) is 16.7 Å². The van der Waals surface area contributed by atoms with Gasteiger partial charge in [0.25, 0.3) is 0 Å². The van der Waals surface area contributed by atoms with Gasteiger partial charge in [-0.15, -0.1) is 35.3 Å². The SMILES string of the molecule is CN=C(NCCNS(=O)(=O)c1cccs1)NC(C)c1ccccc1Br.I. The molecule has 10 heteroatoms. The van der Waals surface area contributed by atoms with Crippen molar-refractivity contribution in [2.24, 2.45) is 4.99 Å². The van der Waals surface area contributed by atoms with E-state index < -0.39 is 10.0 Å². The maximum absolute atomic E-state index is 12.0. The average Bonchev–Trinajstić information content (AvgIpc) is 3.13. The quantitative estimate of drug-likeness (QED) is 0.206. The second kappa shape index (κ2) is 11.2. The van der Waals surface area contributed by atoms with E-state index in [9.17, 15) is 8.42 Å². The zero-order valence-corrected chi connectivity index (χ0v) is 19.9. The number of benzene rings is 1. The molecule has 2 aromatic rings. The van der Waals surface area contributed by atoms with Crippen LogP contribution in [0.4, 0.5) is 0 Å². The highest BCUT2D eigenvalue weighted by Gasteiger charge is 2.14. The van der Waals surface area contributed by atoms with Gasteiger partial charge in [0.05, 0.1) is 6.04 Å². The zero-order chi connectivity index (χ0) is 18.3. The molecule has 6 nitrogen and oxygen atoms in total. The molecule has 1 atom stereocenters. The van der Waals surface area contributed by atoms with E-state index in [1.54, 1.807) is 24.6 Å². The maximum Gasteiger partial charge on any atom is 0.250 e. The molecule has 1 unspecified atom stereocenters. The molecule has 0 bridgehead atoms. The van der Waals surface area contributed by atoms with Gasteiger partial charge in [-0.3, -0.25) is 4.99 Å². The normalized spacial score (nSPS) is 13.0. The fraction of sp³-hybridized carbons (Fsp3) is 0.312. The summed E-state index contributed by atoms with van der Waals surface area (Å²) in [5, 5.41) is 8.13. The minimum absolute atomic E-state index is 0. The number of nitrogens with zero attached hydrogens (tertiary/aromatic N) is 1. The Morgan fingerprint density at radius 1 is 1.23 bits per heavy atom. The lowest BCUT2D eigenvalue weighted by atomic mass is 10.1. The van der Waals surface area contributed by atoms with E-state index in [1.807, 2.05) is 31.2 Å². The Hall–Kier alpha value is -0.690. The number of nitrogens with one attached hydrogen (secondary N) is 3. The molecular weight excluding hydrogens is 551 g/mol. The summed E-state index contributed by atoms with van der Waals surface area (Å²) in [6.45, 7) is 2.73. The first kappa shape index (κ1) is 23.3. The summed E-state index contributed by atoms with van der Waals surface area (Å²) < 4.78 is 28.0. The molecule has 0 saturated heterocycles. The van der Waals surface area contributed by atoms with E-state index >= 15 is 0 Å². The lowest BCUT2D eigenvalue weighted by Crippen LogP contribution is -2.42. The monoisotopic (exact) mass is 572 g/mol. The number of thiophene rings is 1. The van der Waals surface area contributed by atoms with Crippen molar-refractivity contribution in [3.8, 4) is 0 Å². The second-order valence-corrected chi connectivity index (χ2v) is 9.01. The Bertz CT molecular complexity index is 813. The fourth-order valence-corrected chi connectivity index (χ4v) is 4.86. The van der Waals surface area contributed by atoms with Crippen LogP contribution < -0.4 is 15.4 Å². The number of rotatable bonds is 7. The molecule has 26 heavy (non-hydrogen) atoms. The molecule has 0 fully saturated rings. The van der Waals surface area contributed by atoms with Crippen molar-refractivity contribution in [2.75, 3.05) is 20.1 Å². The Labute approximate surface area is 184 Å². The van der Waals surface area contributed by atoms with Gasteiger partial charge in [0.1, 0.15) is 4.21 Å². The number of hydrogen-bond acceptors (Lipinski definition) is 4. The predicted octanol–water partition coefficient (Wildman–Crippen LogP) is 3.33. The van der Waals surface area contributed by atoms with Crippen molar-refractivity contribution in [1.29, 1.82) is 0 Å². The molecule has 1 aromatic carbocycles. The Balaban J connectivity index is 0.00000338. The van der Waals surface area contributed by atoms with Crippen molar-refractivity contribution < 1.29 is 8.42 Å². The summed E-state index contributed by atoms with van der Waals surface area (Å²) in [5.41, 5.74) is 1.11. The number of sulfonamides is 1. The number of guanidine groups is 1. The molecule has 1 aromatic heterocycles. The molecule has 0 saturated carbocycles. The van der Waals surface area contributed by atoms with Gasteiger partial charge < -0.3 is 10.6 Å². The van der Waals surface area contributed by atoms with Gasteiger partial charge in [-0.2, -0.15) is 0 Å². The van der Waals surface area contributed by atoms with E-state index in [0.717, 1.165) is 10.0 Å². The molecule has 3 N–H and O–H groups in total. The lowest BCUT2D eigenvalue weighted by Gasteiger charge is -2.19. The standard InChI is InChI=1S/C16H21BrN4O2S2.HI/c1-12(13-6-3-4-7-14(13)17)21-16(18-2)19-9-10-20-25(22,23)15-8-5-11-24-15;/h3-8,11-12,20H,9-10H2,1-2H3,(H2,18,19,21);1H. The third-order valence-electron chi connectivity index (χ3n) is 3.42. The molecular formula is C16H22BrIN4O2S2. The topological polar surface area (TPSA) is 82.6 Å². The van der Waals surface area contributed by atoms with E-state index in [2.05, 4.69) is 36.3 Å². The van der Waals surface area contributed by atoms with E-state index in [4.69, 9.17) is 0 Å². The van der Waals surface area contributed by atoms with Crippen molar-refractivity contribution in [3.63, 3.8) is 0 Å². The maximum atomic E-state index is 12.0. The van der Waals surface area contributed by atoms with Crippen LogP contribution >= 0.6 is 51.2 Å². The molecule has 0 aliphatic rings. The molecule has 144 valence electrons. The summed E-state index contributed by atoms with van der Waals surface area (Å²) in [7, 11) is -1.75. The molecule has 2 rings (SSSR count). The van der Waals surface area contributed by atoms with Crippen LogP contribution in [0.1, 0.15) is 18.5 Å². The molecule has 0 spiro atoms. The highest BCUT2D eigenvalue weighted by atomic mass is 127. The highest BCUT2D eigenvalue weighted by molar-refractivity contribution is 14.0. The first-order valence-corrected chi connectivity index (χ1v) is 10.8. The zero-order valence-electron chi connectivity index (χ0n) is 14.4. The largest absolute Gasteiger partial charge is 0.355 e. The summed E-state index contributed by atoms with van der Waals surface area (Å²) in [4.78, 5) is 4.17. The molecule has 0 aliphatic heterocycles. The van der Waals surface area contributed by atoms with Gasteiger partial charge >= 0.3 is 0 Å². The van der Waals surface area contributed by atoms with Crippen molar-refractivity contribution in [1.82, 2.24) is 15.4 Å². The van der Waals surface area contributed by atoms with Gasteiger partial charge in [0.15, 0.2) is 5.96 Å². The van der Waals surface area contributed by atoms with Crippen LogP contribution in [0.5, 0.6) is 0 Å². The smallest absolute Gasteiger partial charge is 0.250 e. The van der Waals surface area contributed by atoms with Crippen LogP contribution in [0.3, 0.4) is 0 Å². The second-order valence-electron chi connectivity index (χ2n) is 5.22. The summed E-state index contributed by atoms with van der Waals surface area (Å²) in [6, 6.07) is 11.3. The van der Waals surface area contributed by atoms with Crippen molar-refractivity contribution >= 4 is 67.2 Å². The molecule has 0 radical (unpaired) electrons. The van der Waals surface area contributed by atoms with Crippen molar-refractivity contribution in [2.45, 2.75) is 17.2 Å². The fourth-order valence-electron chi connectivity index (χ4n) is 2.16. The average molecular weight is 573 g/mol. The van der Waals surface area contributed by atoms with Crippen LogP contribution in [0, 0.1) is 0 Å². The Morgan fingerprint density at radius 3 is 2.58 bits per heavy atom. The molecule has 0 aliphatic carbocycles. The van der Waals surface area contributed by atoms with Crippen LogP contribution in [0.25, 0.3) is 0 Å². The highest BCUT2D eigenvalue weighted by Crippen LogP contribution is 2.22. The van der Waals surface area contributed by atoms with Crippen LogP contribution in [-0.2, 0) is 10.0 Å². The van der Waals surface area contributed by atoms with Crippen LogP contribution in [0.2, 0.25) is 0 Å². The number of hydrogen-bond donors (Lipinski definition) is 3. The minimum atomic E-state index is -3.43. The molecule has 0 amide bonds. The Morgan fingerprint density at radius 2 is 1.96 bits per heavy atom. The van der Waals surface area contributed by atoms with Crippen LogP contribution in [-0.4, -0.2) is 34.5 Å². The van der Waals surface area contributed by atoms with Gasteiger partial charge in [-0.25, -0.2) is 13.1 Å². The number of aliphatic imine (C=N–C) groups is 1. The van der Waals surface area contributed by atoms with Gasteiger partial charge in [-0.05, 0) is 30.0 Å². The van der Waals surface area contributed by atoms with E-state index in [-0.39, 0.29) is 36.6 Å². The lowest BCUT2D eigenvalue weighted by molar-refractivity contribution is 0.582. The number of halogens is 2. The van der Waals surface area contributed by atoms with Crippen molar-refractivity contribution in [3.05, 3.63) is 51.8 Å². The first-order valence-electron chi connectivity index (χ1n) is 7.69. The summed E-state index contributed by atoms with van der Waals surface area (Å²) in [5.74, 6) is 0.610. The summed E-state index contributed by atoms with van der Waals surface area (Å²) in [6.07, 6.45) is 0. The summed E-state index contributed by atoms with van der Waals surface area (Å²) >= 11 is 4.73. The first-order chi connectivity index (χ1) is 11.9. The third kappa shape index (κ3) is 6.80. The molecule has 1 heterocycles. The predicted molar refractivity (Wildman–Crippen MR) is 122 cm³/mol. The van der Waals surface area contributed by atoms with E-state index in [1.165, 1.54) is 11.3 Å².